The lowest BCUT2D eigenvalue weighted by Gasteiger charge is -2.24. The van der Waals surface area contributed by atoms with Crippen LogP contribution in [0.5, 0.6) is 5.75 Å². The maximum atomic E-state index is 12.8. The summed E-state index contributed by atoms with van der Waals surface area (Å²) in [6.45, 7) is -0.863. The third-order valence-corrected chi connectivity index (χ3v) is 5.18. The van der Waals surface area contributed by atoms with Crippen LogP contribution in [0, 0.1) is 0 Å². The largest absolute Gasteiger partial charge is 0.508 e. The molecule has 1 aromatic heterocycles. The molecule has 15 nitrogen and oxygen atoms in total. The number of imidazole rings is 1. The number of benzene rings is 1. The molecule has 0 bridgehead atoms. The van der Waals surface area contributed by atoms with Gasteiger partial charge in [-0.05, 0) is 17.7 Å². The number of phenols is 1. The molecule has 0 aliphatic carbocycles. The number of carboxylic acid groups (broad SMARTS) is 1. The summed E-state index contributed by atoms with van der Waals surface area (Å²) in [7, 11) is 0. The first-order chi connectivity index (χ1) is 17.5. The van der Waals surface area contributed by atoms with Gasteiger partial charge >= 0.3 is 5.97 Å². The molecule has 0 unspecified atom stereocenters. The van der Waals surface area contributed by atoms with Gasteiger partial charge in [0, 0.05) is 24.7 Å². The fraction of sp³-hybridized carbons (Fsp3) is 0.364. The van der Waals surface area contributed by atoms with Crippen molar-refractivity contribution < 1.29 is 39.3 Å². The summed E-state index contributed by atoms with van der Waals surface area (Å²) in [5.74, 6) is -5.24. The van der Waals surface area contributed by atoms with Crippen molar-refractivity contribution in [1.29, 1.82) is 0 Å². The maximum Gasteiger partial charge on any atom is 0.326 e. The average Bonchev–Trinajstić information content (AvgIpc) is 3.35. The van der Waals surface area contributed by atoms with E-state index in [9.17, 15) is 39.3 Å². The van der Waals surface area contributed by atoms with Crippen LogP contribution in [0.3, 0.4) is 0 Å². The average molecular weight is 520 g/mol. The normalized spacial score (nSPS) is 14.0. The molecule has 0 saturated heterocycles. The van der Waals surface area contributed by atoms with Gasteiger partial charge < -0.3 is 47.7 Å². The van der Waals surface area contributed by atoms with E-state index in [1.807, 2.05) is 0 Å². The number of aromatic nitrogens is 2. The molecule has 0 saturated carbocycles. The number of carboxylic acids is 1. The van der Waals surface area contributed by atoms with Crippen LogP contribution in [0.15, 0.2) is 36.8 Å². The van der Waals surface area contributed by atoms with E-state index in [2.05, 4.69) is 25.9 Å². The summed E-state index contributed by atoms with van der Waals surface area (Å²) in [4.78, 5) is 67.6. The number of aliphatic hydroxyl groups excluding tert-OH is 1. The van der Waals surface area contributed by atoms with Gasteiger partial charge in [-0.2, -0.15) is 0 Å². The fourth-order valence-electron chi connectivity index (χ4n) is 3.22. The Morgan fingerprint density at radius 1 is 0.919 bits per heavy atom. The Hall–Kier alpha value is -4.50. The molecule has 2 rings (SSSR count). The Morgan fingerprint density at radius 3 is 2.05 bits per heavy atom. The summed E-state index contributed by atoms with van der Waals surface area (Å²) < 4.78 is 0. The molecule has 37 heavy (non-hydrogen) atoms. The standard InChI is InChI=1S/C22H29N7O8/c23-14(6-12-8-25-10-26-12)19(33)29-17(9-30)21(35)27-15(7-18(24)32)20(34)28-16(22(36)37)5-11-1-3-13(31)4-2-11/h1-4,8,10,14-17,30-31H,5-7,9,23H2,(H2,24,32)(H,25,26)(H,27,35)(H,28,34)(H,29,33)(H,36,37)/t14-,15-,16-,17-/m0/s1. The minimum absolute atomic E-state index is 0.0308. The Labute approximate surface area is 210 Å². The number of phenolic OH excluding ortho intramolecular Hbond substituents is 1. The van der Waals surface area contributed by atoms with E-state index >= 15 is 0 Å². The van der Waals surface area contributed by atoms with Gasteiger partial charge in [0.1, 0.15) is 23.9 Å². The summed E-state index contributed by atoms with van der Waals surface area (Å²) in [5, 5.41) is 35.2. The van der Waals surface area contributed by atoms with Crippen molar-refractivity contribution in [2.24, 2.45) is 11.5 Å². The zero-order chi connectivity index (χ0) is 27.5. The lowest BCUT2D eigenvalue weighted by molar-refractivity contribution is -0.142. The van der Waals surface area contributed by atoms with Gasteiger partial charge in [0.15, 0.2) is 0 Å². The van der Waals surface area contributed by atoms with Crippen LogP contribution in [-0.4, -0.2) is 85.7 Å². The molecular weight excluding hydrogens is 490 g/mol. The van der Waals surface area contributed by atoms with Crippen molar-refractivity contribution in [2.45, 2.75) is 43.4 Å². The number of nitrogens with zero attached hydrogens (tertiary/aromatic N) is 1. The Bertz CT molecular complexity index is 1090. The molecule has 0 aliphatic rings. The van der Waals surface area contributed by atoms with E-state index in [1.54, 1.807) is 0 Å². The number of carbonyl (C=O) groups excluding carboxylic acids is 4. The van der Waals surface area contributed by atoms with E-state index in [0.29, 0.717) is 11.3 Å². The van der Waals surface area contributed by atoms with Crippen LogP contribution in [0.25, 0.3) is 0 Å². The molecule has 1 aromatic carbocycles. The molecule has 0 fully saturated rings. The van der Waals surface area contributed by atoms with E-state index < -0.39 is 66.8 Å². The molecule has 0 radical (unpaired) electrons. The zero-order valence-corrected chi connectivity index (χ0v) is 19.6. The fourth-order valence-corrected chi connectivity index (χ4v) is 3.22. The lowest BCUT2D eigenvalue weighted by atomic mass is 10.0. The van der Waals surface area contributed by atoms with Crippen molar-refractivity contribution >= 4 is 29.6 Å². The quantitative estimate of drug-likeness (QED) is 0.120. The molecule has 2 aromatic rings. The number of hydrogen-bond acceptors (Lipinski definition) is 9. The molecule has 11 N–H and O–H groups in total. The first kappa shape index (κ1) is 28.7. The highest BCUT2D eigenvalue weighted by atomic mass is 16.4. The first-order valence-electron chi connectivity index (χ1n) is 11.0. The third-order valence-electron chi connectivity index (χ3n) is 5.18. The number of aliphatic carboxylic acids is 1. The molecule has 4 amide bonds. The maximum absolute atomic E-state index is 12.8. The van der Waals surface area contributed by atoms with Gasteiger partial charge in [0.2, 0.25) is 23.6 Å². The van der Waals surface area contributed by atoms with E-state index in [-0.39, 0.29) is 18.6 Å². The number of aromatic hydroxyl groups is 1. The highest BCUT2D eigenvalue weighted by Gasteiger charge is 2.31. The number of H-pyrrole nitrogens is 1. The van der Waals surface area contributed by atoms with E-state index in [1.165, 1.54) is 36.8 Å². The number of amides is 4. The van der Waals surface area contributed by atoms with Gasteiger partial charge in [0.05, 0.1) is 25.4 Å². The van der Waals surface area contributed by atoms with Crippen LogP contribution in [0.2, 0.25) is 0 Å². The summed E-state index contributed by atoms with van der Waals surface area (Å²) in [6.07, 6.45) is 2.07. The van der Waals surface area contributed by atoms with Gasteiger partial charge in [0.25, 0.3) is 0 Å². The minimum atomic E-state index is -1.60. The van der Waals surface area contributed by atoms with Gasteiger partial charge in [-0.25, -0.2) is 9.78 Å². The second-order valence-corrected chi connectivity index (χ2v) is 8.13. The molecule has 15 heteroatoms. The predicted octanol–water partition coefficient (Wildman–Crippen LogP) is -3.37. The third kappa shape index (κ3) is 9.23. The molecule has 1 heterocycles. The Morgan fingerprint density at radius 2 is 1.51 bits per heavy atom. The van der Waals surface area contributed by atoms with Crippen molar-refractivity contribution in [3.8, 4) is 5.75 Å². The van der Waals surface area contributed by atoms with Crippen LogP contribution >= 0.6 is 0 Å². The predicted molar refractivity (Wildman–Crippen MR) is 126 cm³/mol. The monoisotopic (exact) mass is 519 g/mol. The smallest absolute Gasteiger partial charge is 0.326 e. The van der Waals surface area contributed by atoms with Crippen molar-refractivity contribution in [2.75, 3.05) is 6.61 Å². The summed E-state index contributed by atoms with van der Waals surface area (Å²) >= 11 is 0. The van der Waals surface area contributed by atoms with Crippen molar-refractivity contribution in [1.82, 2.24) is 25.9 Å². The number of nitrogens with two attached hydrogens (primary N) is 2. The van der Waals surface area contributed by atoms with Crippen LogP contribution in [-0.2, 0) is 36.8 Å². The highest BCUT2D eigenvalue weighted by molar-refractivity contribution is 5.96. The van der Waals surface area contributed by atoms with Crippen LogP contribution in [0.4, 0.5) is 0 Å². The second-order valence-electron chi connectivity index (χ2n) is 8.13. The zero-order valence-electron chi connectivity index (χ0n) is 19.6. The Kier molecular flexibility index (Phi) is 10.5. The van der Waals surface area contributed by atoms with Crippen molar-refractivity contribution in [3.05, 3.63) is 48.0 Å². The van der Waals surface area contributed by atoms with Crippen molar-refractivity contribution in [3.63, 3.8) is 0 Å². The number of aliphatic hydroxyl groups is 1. The topological polar surface area (TPSA) is 263 Å². The van der Waals surface area contributed by atoms with Gasteiger partial charge in [-0.15, -0.1) is 0 Å². The summed E-state index contributed by atoms with van der Waals surface area (Å²) in [5.41, 5.74) is 12.0. The number of aromatic amines is 1. The number of rotatable bonds is 14. The molecular formula is C22H29N7O8. The summed E-state index contributed by atoms with van der Waals surface area (Å²) in [6, 6.07) is -0.0575. The van der Waals surface area contributed by atoms with E-state index in [4.69, 9.17) is 11.5 Å². The first-order valence-corrected chi connectivity index (χ1v) is 11.0. The minimum Gasteiger partial charge on any atom is -0.508 e. The molecule has 200 valence electrons. The number of primary amides is 1. The Balaban J connectivity index is 2.05. The molecule has 4 atom stereocenters. The van der Waals surface area contributed by atoms with Gasteiger partial charge in [-0.1, -0.05) is 12.1 Å². The van der Waals surface area contributed by atoms with Gasteiger partial charge in [-0.3, -0.25) is 19.2 Å². The molecule has 0 aliphatic heterocycles. The number of carbonyl (C=O) groups is 5. The van der Waals surface area contributed by atoms with Crippen LogP contribution in [0.1, 0.15) is 17.7 Å². The number of hydrogen-bond donors (Lipinski definition) is 9. The highest BCUT2D eigenvalue weighted by Crippen LogP contribution is 2.12. The van der Waals surface area contributed by atoms with Crippen LogP contribution < -0.4 is 27.4 Å². The van der Waals surface area contributed by atoms with E-state index in [0.717, 1.165) is 0 Å². The lowest BCUT2D eigenvalue weighted by Crippen LogP contribution is -2.59. The SMILES string of the molecule is NC(=O)C[C@H](NC(=O)[C@H](CO)NC(=O)[C@@H](N)Cc1cnc[nH]1)C(=O)N[C@@H](Cc1ccc(O)cc1)C(=O)O. The second kappa shape index (κ2) is 13.6. The number of nitrogens with one attached hydrogen (secondary N) is 4. The molecule has 0 spiro atoms.